The SMILES string of the molecule is CC1(C)c2ccccc2-c2c1cc1ccccc1c2-c1nc(-c2ccc(-c3ccccc3)cc2)nc(-c2ccc(-c3ccccc3)cc2)n1.CC1(C)c2ccccc2-c2ccc(-c3nc(-c4ccc(-c5ccccc5)cc4)nc(-c4cccc(-c5c6c(cc7ccccc57)C(C)(C)c5ccccc5-6)c4)n3)cc21.c1ccc(-c2nc(-c3ccccc3)nc(-c3cccc(-c4cc5oc6ccccc6c5c5ccccc45)c3)n2)cc1. The fraction of sp³-hybridized carbons (Fsp3) is 0.0652. The van der Waals surface area contributed by atoms with E-state index in [1.54, 1.807) is 0 Å². The van der Waals surface area contributed by atoms with Gasteiger partial charge in [0.2, 0.25) is 0 Å². The van der Waals surface area contributed by atoms with Gasteiger partial charge >= 0.3 is 0 Å². The zero-order chi connectivity index (χ0) is 99.3. The smallest absolute Gasteiger partial charge is 0.165 e. The minimum atomic E-state index is -0.163. The molecule has 0 N–H and O–H groups in total. The molecule has 4 heterocycles. The van der Waals surface area contributed by atoms with E-state index in [-0.39, 0.29) is 16.2 Å². The summed E-state index contributed by atoms with van der Waals surface area (Å²) in [7, 11) is 0. The van der Waals surface area contributed by atoms with Gasteiger partial charge in [-0.2, -0.15) is 0 Å². The Hall–Kier alpha value is -18.8. The molecule has 21 aromatic carbocycles. The van der Waals surface area contributed by atoms with Crippen LogP contribution >= 0.6 is 0 Å². The number of nitrogens with zero attached hydrogens (tertiary/aromatic N) is 9. The zero-order valence-electron chi connectivity index (χ0n) is 82.5. The summed E-state index contributed by atoms with van der Waals surface area (Å²) >= 11 is 0. The molecule has 148 heavy (non-hydrogen) atoms. The molecule has 0 unspecified atom stereocenters. The van der Waals surface area contributed by atoms with Gasteiger partial charge in [0.15, 0.2) is 52.4 Å². The van der Waals surface area contributed by atoms with Gasteiger partial charge in [0, 0.05) is 77.1 Å². The Labute approximate surface area is 859 Å². The molecular weight excluding hydrogens is 1800 g/mol. The van der Waals surface area contributed by atoms with Crippen molar-refractivity contribution in [3.63, 3.8) is 0 Å². The predicted molar refractivity (Wildman–Crippen MR) is 608 cm³/mol. The van der Waals surface area contributed by atoms with E-state index in [0.29, 0.717) is 52.4 Å². The van der Waals surface area contributed by atoms with Gasteiger partial charge < -0.3 is 4.42 Å². The van der Waals surface area contributed by atoms with Crippen molar-refractivity contribution in [2.45, 2.75) is 57.8 Å². The monoisotopic (exact) mass is 1900 g/mol. The molecule has 4 aromatic heterocycles. The van der Waals surface area contributed by atoms with Crippen molar-refractivity contribution in [1.82, 2.24) is 44.9 Å². The first kappa shape index (κ1) is 89.3. The van der Waals surface area contributed by atoms with Crippen molar-refractivity contribution in [3.8, 4) is 192 Å². The molecule has 0 fully saturated rings. The summed E-state index contributed by atoms with van der Waals surface area (Å²) in [6.45, 7) is 14.0. The fourth-order valence-electron chi connectivity index (χ4n) is 22.6. The van der Waals surface area contributed by atoms with Crippen molar-refractivity contribution < 1.29 is 4.42 Å². The van der Waals surface area contributed by atoms with Gasteiger partial charge in [-0.3, -0.25) is 0 Å². The van der Waals surface area contributed by atoms with Gasteiger partial charge in [0.05, 0.1) is 0 Å². The Morgan fingerprint density at radius 3 is 0.892 bits per heavy atom. The van der Waals surface area contributed by atoms with Gasteiger partial charge in [-0.25, -0.2) is 44.9 Å². The number of fused-ring (bicyclic) bond motifs is 16. The molecule has 10 heteroatoms. The first-order chi connectivity index (χ1) is 72.6. The van der Waals surface area contributed by atoms with Crippen LogP contribution in [0.15, 0.2) is 484 Å². The summed E-state index contributed by atoms with van der Waals surface area (Å²) < 4.78 is 6.33. The van der Waals surface area contributed by atoms with Crippen LogP contribution in [-0.2, 0) is 16.2 Å². The van der Waals surface area contributed by atoms with Gasteiger partial charge in [-0.1, -0.05) is 478 Å². The van der Waals surface area contributed by atoms with E-state index in [1.807, 2.05) is 91.0 Å². The first-order valence-electron chi connectivity index (χ1n) is 50.6. The third-order valence-electron chi connectivity index (χ3n) is 30.2. The minimum Gasteiger partial charge on any atom is -0.456 e. The van der Waals surface area contributed by atoms with Crippen LogP contribution in [0.25, 0.3) is 246 Å². The molecule has 3 aliphatic carbocycles. The summed E-state index contributed by atoms with van der Waals surface area (Å²) in [5.74, 6) is 5.87. The molecule has 0 bridgehead atoms. The normalized spacial score (nSPS) is 13.0. The Balaban J connectivity index is 0.000000114. The van der Waals surface area contributed by atoms with E-state index in [2.05, 4.69) is 430 Å². The van der Waals surface area contributed by atoms with Crippen LogP contribution in [0.3, 0.4) is 0 Å². The van der Waals surface area contributed by atoms with Crippen LogP contribution in [0, 0.1) is 0 Å². The Kier molecular flexibility index (Phi) is 22.1. The van der Waals surface area contributed by atoms with Gasteiger partial charge in [-0.05, 0) is 197 Å². The molecule has 0 spiro atoms. The number of rotatable bonds is 14. The Morgan fingerprint density at radius 2 is 0.432 bits per heavy atom. The van der Waals surface area contributed by atoms with Crippen molar-refractivity contribution in [3.05, 3.63) is 513 Å². The Morgan fingerprint density at radius 1 is 0.149 bits per heavy atom. The average Bonchev–Trinajstić information content (AvgIpc) is 1.55. The molecule has 0 radical (unpaired) electrons. The maximum absolute atomic E-state index is 6.33. The van der Waals surface area contributed by atoms with E-state index in [9.17, 15) is 0 Å². The number of hydrogen-bond donors (Lipinski definition) is 0. The molecule has 700 valence electrons. The first-order valence-corrected chi connectivity index (χ1v) is 50.6. The number of para-hydroxylation sites is 1. The summed E-state index contributed by atoms with van der Waals surface area (Å²) in [6.07, 6.45) is 0. The summed E-state index contributed by atoms with van der Waals surface area (Å²) in [5, 5.41) is 9.43. The van der Waals surface area contributed by atoms with E-state index >= 15 is 0 Å². The molecule has 0 saturated carbocycles. The number of benzene rings is 21. The minimum absolute atomic E-state index is 0.123. The number of aromatic nitrogens is 9. The molecule has 0 amide bonds. The largest absolute Gasteiger partial charge is 0.456 e. The van der Waals surface area contributed by atoms with Crippen LogP contribution in [0.1, 0.15) is 74.9 Å². The highest BCUT2D eigenvalue weighted by Crippen LogP contribution is 2.58. The molecule has 0 aliphatic heterocycles. The van der Waals surface area contributed by atoms with Crippen LogP contribution in [0.2, 0.25) is 0 Å². The average molecular weight is 1900 g/mol. The fourth-order valence-corrected chi connectivity index (χ4v) is 22.6. The maximum atomic E-state index is 6.33. The van der Waals surface area contributed by atoms with Gasteiger partial charge in [-0.15, -0.1) is 0 Å². The molecule has 0 atom stereocenters. The van der Waals surface area contributed by atoms with Crippen LogP contribution in [-0.4, -0.2) is 44.9 Å². The van der Waals surface area contributed by atoms with E-state index in [4.69, 9.17) is 49.3 Å². The lowest BCUT2D eigenvalue weighted by molar-refractivity contribution is 0.660. The molecule has 28 rings (SSSR count). The lowest BCUT2D eigenvalue weighted by Crippen LogP contribution is -2.15. The standard InChI is InChI=1S/C55H41N3.C46H33N3.C37H23N3O/c1-54(2)45-23-12-10-21-42(45)43-30-29-40(33-47(43)54)53-57-51(36-27-25-35(26-28-36)34-15-6-5-7-16-34)56-52(58-53)39-19-14-18-38(31-39)49-41-20-9-8-17-37(41)32-48-50(49)44-22-11-13-24-46(44)55(48,3)4;1-46(2)39-20-12-11-19-38(39)41-40(46)29-36-17-9-10-18-37(36)42(41)45-48-43(34-25-21-32(22-26-34)30-13-5-3-6-14-30)47-44(49-45)35-27-23-33(24-28-35)31-15-7-4-8-16-31;1-3-12-24(13-4-1)35-38-36(25-14-5-2-6-15-25)40-37(39-35)27-17-11-16-26(22-27)31-23-33-34(29-19-8-7-18-28(29)31)30-20-9-10-21-32(30)41-33/h5-33H,1-4H3;3-29H,1-2H3;1-23H. The molecule has 3 aliphatic rings. The number of hydrogen-bond acceptors (Lipinski definition) is 10. The van der Waals surface area contributed by atoms with Crippen molar-refractivity contribution in [1.29, 1.82) is 0 Å². The third-order valence-corrected chi connectivity index (χ3v) is 30.2. The second-order valence-electron chi connectivity index (χ2n) is 40.1. The van der Waals surface area contributed by atoms with E-state index in [0.717, 1.165) is 111 Å². The molecule has 10 nitrogen and oxygen atoms in total. The molecule has 25 aromatic rings. The van der Waals surface area contributed by atoms with Crippen molar-refractivity contribution in [2.24, 2.45) is 0 Å². The second-order valence-corrected chi connectivity index (χ2v) is 40.1. The van der Waals surface area contributed by atoms with Gasteiger partial charge in [0.1, 0.15) is 11.2 Å². The van der Waals surface area contributed by atoms with E-state index < -0.39 is 0 Å². The summed E-state index contributed by atoms with van der Waals surface area (Å²) in [5.41, 5.74) is 37.2. The highest BCUT2D eigenvalue weighted by molar-refractivity contribution is 6.22. The second kappa shape index (κ2) is 36.6. The molecular formula is C138H97N9O. The quantitative estimate of drug-likeness (QED) is 0.104. The third kappa shape index (κ3) is 15.9. The van der Waals surface area contributed by atoms with Crippen LogP contribution in [0.4, 0.5) is 0 Å². The summed E-state index contributed by atoms with van der Waals surface area (Å²) in [4.78, 5) is 46.2. The van der Waals surface area contributed by atoms with Crippen LogP contribution < -0.4 is 0 Å². The summed E-state index contributed by atoms with van der Waals surface area (Å²) in [6, 6.07) is 169. The van der Waals surface area contributed by atoms with Crippen molar-refractivity contribution in [2.75, 3.05) is 0 Å². The number of furan rings is 1. The van der Waals surface area contributed by atoms with Crippen LogP contribution in [0.5, 0.6) is 0 Å². The predicted octanol–water partition coefficient (Wildman–Crippen LogP) is 35.2. The van der Waals surface area contributed by atoms with E-state index in [1.165, 1.54) is 116 Å². The maximum Gasteiger partial charge on any atom is 0.165 e. The zero-order valence-corrected chi connectivity index (χ0v) is 82.5. The molecule has 0 saturated heterocycles. The lowest BCUT2D eigenvalue weighted by atomic mass is 9.80. The van der Waals surface area contributed by atoms with Crippen molar-refractivity contribution >= 4 is 54.3 Å². The Bertz CT molecular complexity index is 9360. The lowest BCUT2D eigenvalue weighted by Gasteiger charge is -2.23. The topological polar surface area (TPSA) is 129 Å². The highest BCUT2D eigenvalue weighted by Gasteiger charge is 2.41. The van der Waals surface area contributed by atoms with Gasteiger partial charge in [0.25, 0.3) is 0 Å². The highest BCUT2D eigenvalue weighted by atomic mass is 16.3.